The number of aliphatic hydroxyl groups excluding tert-OH is 1. The zero-order valence-electron chi connectivity index (χ0n) is 17.2. The molecular formula is C19H19ClF5N5O3. The summed E-state index contributed by atoms with van der Waals surface area (Å²) in [6.45, 7) is 1.57. The van der Waals surface area contributed by atoms with Gasteiger partial charge in [0.15, 0.2) is 6.10 Å². The molecular weight excluding hydrogens is 477 g/mol. The van der Waals surface area contributed by atoms with E-state index in [-0.39, 0.29) is 11.7 Å². The van der Waals surface area contributed by atoms with Crippen LogP contribution in [0.5, 0.6) is 5.75 Å². The highest BCUT2D eigenvalue weighted by atomic mass is 35.5. The fourth-order valence-electron chi connectivity index (χ4n) is 3.00. The van der Waals surface area contributed by atoms with Crippen LogP contribution in [0.15, 0.2) is 18.3 Å². The van der Waals surface area contributed by atoms with E-state index >= 15 is 0 Å². The first-order valence-corrected chi connectivity index (χ1v) is 10.0. The summed E-state index contributed by atoms with van der Waals surface area (Å²) in [7, 11) is 0. The average molecular weight is 496 g/mol. The first-order valence-electron chi connectivity index (χ1n) is 9.58. The molecule has 2 aromatic rings. The van der Waals surface area contributed by atoms with Crippen LogP contribution >= 0.6 is 11.6 Å². The van der Waals surface area contributed by atoms with Crippen LogP contribution in [0.3, 0.4) is 0 Å². The molecule has 1 aromatic heterocycles. The number of nitrogens with one attached hydrogen (secondary N) is 3. The molecule has 0 bridgehead atoms. The van der Waals surface area contributed by atoms with Gasteiger partial charge in [0.25, 0.3) is 5.91 Å². The summed E-state index contributed by atoms with van der Waals surface area (Å²) in [5.41, 5.74) is 3.01. The van der Waals surface area contributed by atoms with Gasteiger partial charge in [-0.3, -0.25) is 10.2 Å². The molecule has 1 aliphatic heterocycles. The van der Waals surface area contributed by atoms with Crippen molar-refractivity contribution >= 4 is 17.5 Å². The van der Waals surface area contributed by atoms with Crippen LogP contribution in [0.2, 0.25) is 0 Å². The molecule has 4 atom stereocenters. The number of benzene rings is 1. The highest BCUT2D eigenvalue weighted by Crippen LogP contribution is 2.33. The molecule has 1 fully saturated rings. The highest BCUT2D eigenvalue weighted by molar-refractivity contribution is 6.21. The maximum Gasteiger partial charge on any atom is 0.425 e. The van der Waals surface area contributed by atoms with Crippen molar-refractivity contribution < 1.29 is 36.6 Å². The molecule has 1 aromatic carbocycles. The third-order valence-electron chi connectivity index (χ3n) is 4.90. The number of hydrogen-bond acceptors (Lipinski definition) is 7. The van der Waals surface area contributed by atoms with Gasteiger partial charge < -0.3 is 15.2 Å². The first-order chi connectivity index (χ1) is 15.4. The lowest BCUT2D eigenvalue weighted by Crippen LogP contribution is -2.45. The van der Waals surface area contributed by atoms with Gasteiger partial charge in [-0.1, -0.05) is 0 Å². The van der Waals surface area contributed by atoms with Gasteiger partial charge in [-0.2, -0.15) is 17.6 Å². The number of hydrogen-bond donors (Lipinski definition) is 4. The van der Waals surface area contributed by atoms with Gasteiger partial charge in [0.1, 0.15) is 22.8 Å². The molecule has 8 nitrogen and oxygen atoms in total. The summed E-state index contributed by atoms with van der Waals surface area (Å²) in [4.78, 5) is 19.9. The van der Waals surface area contributed by atoms with Crippen LogP contribution in [-0.2, 0) is 6.61 Å². The molecule has 0 radical (unpaired) electrons. The Labute approximate surface area is 189 Å². The quantitative estimate of drug-likeness (QED) is 0.277. The van der Waals surface area contributed by atoms with Crippen LogP contribution in [0, 0.1) is 11.8 Å². The van der Waals surface area contributed by atoms with E-state index in [9.17, 15) is 26.7 Å². The number of halogens is 6. The number of carbonyl (C=O) groups is 1. The Morgan fingerprint density at radius 2 is 2.03 bits per heavy atom. The Bertz CT molecular complexity index is 1030. The van der Waals surface area contributed by atoms with Crippen molar-refractivity contribution in [3.05, 3.63) is 41.4 Å². The number of carbonyl (C=O) groups excluding carboxylic acids is 1. The zero-order valence-corrected chi connectivity index (χ0v) is 17.9. The van der Waals surface area contributed by atoms with E-state index in [0.29, 0.717) is 13.0 Å². The van der Waals surface area contributed by atoms with Crippen molar-refractivity contribution in [3.8, 4) is 17.0 Å². The maximum absolute atomic E-state index is 14.9. The van der Waals surface area contributed by atoms with Crippen LogP contribution < -0.4 is 20.9 Å². The number of nitrogens with zero attached hydrogens (tertiary/aromatic N) is 2. The number of rotatable bonds is 6. The van der Waals surface area contributed by atoms with Crippen LogP contribution in [0.25, 0.3) is 11.3 Å². The second kappa shape index (κ2) is 9.71. The minimum absolute atomic E-state index is 0.284. The minimum atomic E-state index is -4.78. The number of hydrazine groups is 1. The maximum atomic E-state index is 14.9. The molecule has 1 amide bonds. The number of aliphatic hydroxyl groups is 1. The number of aromatic nitrogens is 2. The van der Waals surface area contributed by atoms with E-state index in [1.54, 1.807) is 6.92 Å². The second-order valence-electron chi connectivity index (χ2n) is 7.26. The fraction of sp³-hybridized carbons (Fsp3) is 0.421. The summed E-state index contributed by atoms with van der Waals surface area (Å²) >= 11 is 6.06. The van der Waals surface area contributed by atoms with E-state index < -0.39 is 70.7 Å². The van der Waals surface area contributed by atoms with Gasteiger partial charge in [0.2, 0.25) is 5.95 Å². The molecule has 3 rings (SSSR count). The normalized spacial score (nSPS) is 21.7. The third kappa shape index (κ3) is 5.49. The van der Waals surface area contributed by atoms with Gasteiger partial charge in [0.05, 0.1) is 30.1 Å². The topological polar surface area (TPSA) is 108 Å². The average Bonchev–Trinajstić information content (AvgIpc) is 3.06. The van der Waals surface area contributed by atoms with Crippen LogP contribution in [0.4, 0.5) is 22.0 Å². The van der Waals surface area contributed by atoms with Gasteiger partial charge in [-0.15, -0.1) is 11.6 Å². The zero-order chi connectivity index (χ0) is 24.5. The summed E-state index contributed by atoms with van der Waals surface area (Å²) in [5.74, 6) is -3.68. The van der Waals surface area contributed by atoms with Crippen molar-refractivity contribution in [1.82, 2.24) is 26.1 Å². The van der Waals surface area contributed by atoms with E-state index in [1.165, 1.54) is 0 Å². The fourth-order valence-corrected chi connectivity index (χ4v) is 3.34. The lowest BCUT2D eigenvalue weighted by molar-refractivity contribution is -0.189. The monoisotopic (exact) mass is 495 g/mol. The minimum Gasteiger partial charge on any atom is -0.480 e. The highest BCUT2D eigenvalue weighted by Gasteiger charge is 2.39. The molecule has 4 N–H and O–H groups in total. The SMILES string of the molecule is CC1NNC(Cl)C1NC(=O)c1cc(F)c(-c2cnc(F)c(CO)n2)cc1OC(C)C(F)(F)F. The van der Waals surface area contributed by atoms with E-state index in [0.717, 1.165) is 12.3 Å². The van der Waals surface area contributed by atoms with E-state index in [4.69, 9.17) is 21.4 Å². The number of amides is 1. The Morgan fingerprint density at radius 3 is 2.61 bits per heavy atom. The molecule has 1 aliphatic rings. The predicted molar refractivity (Wildman–Crippen MR) is 106 cm³/mol. The molecule has 180 valence electrons. The van der Waals surface area contributed by atoms with Crippen molar-refractivity contribution in [1.29, 1.82) is 0 Å². The summed E-state index contributed by atoms with van der Waals surface area (Å²) in [6.07, 6.45) is -6.29. The summed E-state index contributed by atoms with van der Waals surface area (Å²) in [6, 6.07) is 0.494. The van der Waals surface area contributed by atoms with Gasteiger partial charge in [0, 0.05) is 11.6 Å². The standard InChI is InChI=1S/C19H19ClF5N5O3/c1-7-15(16(20)30-29-7)28-18(32)10-3-11(21)9(4-14(10)33-8(2)19(23,24)25)12-5-26-17(22)13(6-31)27-12/h3-5,7-8,15-16,29-31H,6H2,1-2H3,(H,28,32). The number of ether oxygens (including phenoxy) is 1. The second-order valence-corrected chi connectivity index (χ2v) is 7.73. The van der Waals surface area contributed by atoms with Gasteiger partial charge in [-0.05, 0) is 26.0 Å². The van der Waals surface area contributed by atoms with Crippen LogP contribution in [-0.4, -0.2) is 50.8 Å². The van der Waals surface area contributed by atoms with Crippen molar-refractivity contribution in [2.75, 3.05) is 0 Å². The lowest BCUT2D eigenvalue weighted by atomic mass is 10.0. The van der Waals surface area contributed by atoms with Crippen LogP contribution in [0.1, 0.15) is 29.9 Å². The summed E-state index contributed by atoms with van der Waals surface area (Å²) in [5, 5.41) is 11.7. The Morgan fingerprint density at radius 1 is 1.33 bits per heavy atom. The molecule has 0 spiro atoms. The van der Waals surface area contributed by atoms with Gasteiger partial charge in [-0.25, -0.2) is 19.8 Å². The lowest BCUT2D eigenvalue weighted by Gasteiger charge is -2.22. The molecule has 14 heteroatoms. The molecule has 2 heterocycles. The first kappa shape index (κ1) is 25.0. The largest absolute Gasteiger partial charge is 0.480 e. The third-order valence-corrected chi connectivity index (χ3v) is 5.28. The Hall–Kier alpha value is -2.61. The van der Waals surface area contributed by atoms with Crippen molar-refractivity contribution in [2.24, 2.45) is 0 Å². The van der Waals surface area contributed by atoms with Gasteiger partial charge >= 0.3 is 6.18 Å². The van der Waals surface area contributed by atoms with Crippen molar-refractivity contribution in [3.63, 3.8) is 0 Å². The van der Waals surface area contributed by atoms with E-state index in [2.05, 4.69) is 26.1 Å². The molecule has 0 saturated carbocycles. The number of alkyl halides is 4. The van der Waals surface area contributed by atoms with E-state index in [1.807, 2.05) is 0 Å². The van der Waals surface area contributed by atoms with Crippen molar-refractivity contribution in [2.45, 2.75) is 50.3 Å². The smallest absolute Gasteiger partial charge is 0.425 e. The Balaban J connectivity index is 2.05. The molecule has 0 aliphatic carbocycles. The molecule has 1 saturated heterocycles. The molecule has 33 heavy (non-hydrogen) atoms. The predicted octanol–water partition coefficient (Wildman–Crippen LogP) is 2.40. The Kier molecular flexibility index (Phi) is 7.36. The summed E-state index contributed by atoms with van der Waals surface area (Å²) < 4.78 is 72.8. The molecule has 4 unspecified atom stereocenters.